The van der Waals surface area contributed by atoms with Crippen molar-refractivity contribution in [1.82, 2.24) is 9.55 Å². The molecule has 10 heteroatoms. The van der Waals surface area contributed by atoms with Crippen LogP contribution in [0.2, 0.25) is 5.02 Å². The predicted molar refractivity (Wildman–Crippen MR) is 126 cm³/mol. The third kappa shape index (κ3) is 4.54. The van der Waals surface area contributed by atoms with Crippen molar-refractivity contribution >= 4 is 28.8 Å². The average molecular weight is 470 g/mol. The number of hydrogen-bond acceptors (Lipinski definition) is 7. The van der Waals surface area contributed by atoms with Gasteiger partial charge in [-0.2, -0.15) is 0 Å². The normalized spacial score (nSPS) is 19.8. The summed E-state index contributed by atoms with van der Waals surface area (Å²) in [7, 11) is 0. The summed E-state index contributed by atoms with van der Waals surface area (Å²) in [5, 5.41) is 11.6. The van der Waals surface area contributed by atoms with Crippen LogP contribution in [0.5, 0.6) is 11.8 Å². The minimum atomic E-state index is -0.631. The van der Waals surface area contributed by atoms with Gasteiger partial charge in [-0.05, 0) is 60.4 Å². The molecule has 2 aliphatic rings. The molecule has 0 unspecified atom stereocenters. The fourth-order valence-electron chi connectivity index (χ4n) is 4.22. The maximum Gasteiger partial charge on any atom is 0.415 e. The first-order valence-electron chi connectivity index (χ1n) is 10.8. The topological polar surface area (TPSA) is 85.9 Å². The summed E-state index contributed by atoms with van der Waals surface area (Å²) in [6.45, 7) is 6.42. The zero-order valence-corrected chi connectivity index (χ0v) is 18.9. The Labute approximate surface area is 196 Å². The predicted octanol–water partition coefficient (Wildman–Crippen LogP) is 4.00. The summed E-state index contributed by atoms with van der Waals surface area (Å²) in [6.07, 6.45) is 1.39. The van der Waals surface area contributed by atoms with Gasteiger partial charge in [0, 0.05) is 47.6 Å². The number of nitrogens with zero attached hydrogens (tertiary/aromatic N) is 5. The summed E-state index contributed by atoms with van der Waals surface area (Å²) in [6, 6.07) is 16.3. The van der Waals surface area contributed by atoms with Crippen molar-refractivity contribution in [3.05, 3.63) is 69.9 Å². The fourth-order valence-corrected chi connectivity index (χ4v) is 4.35. The van der Waals surface area contributed by atoms with E-state index in [2.05, 4.69) is 39.0 Å². The molecule has 2 aliphatic heterocycles. The minimum Gasteiger partial charge on any atom is -0.489 e. The molecular formula is C23H24ClN5O4. The van der Waals surface area contributed by atoms with Crippen LogP contribution in [0.25, 0.3) is 0 Å². The molecule has 0 bridgehead atoms. The van der Waals surface area contributed by atoms with Crippen LogP contribution in [-0.4, -0.2) is 52.9 Å². The summed E-state index contributed by atoms with van der Waals surface area (Å²) in [5.41, 5.74) is 1.73. The third-order valence-corrected chi connectivity index (χ3v) is 6.23. The Hall–Kier alpha value is -3.46. The molecule has 0 spiro atoms. The van der Waals surface area contributed by atoms with Gasteiger partial charge in [0.1, 0.15) is 18.6 Å². The fraction of sp³-hybridized carbons (Fsp3) is 0.348. The standard InChI is InChI=1S/C23H24ClN5O4/c1-23(15-28-14-21(29(30)31)25-22(28)33-23)16-32-20-8-6-19(7-9-20)27-12-10-26(11-13-27)18-4-2-17(24)3-5-18/h2-9,14H,10-13,15-16H2,1H3/t23-/m1/s1. The SMILES string of the molecule is C[C@]1(COc2ccc(N3CCN(c4ccc(Cl)cc4)CC3)cc2)Cn2cc([N+](=O)[O-])nc2O1. The van der Waals surface area contributed by atoms with Crippen molar-refractivity contribution < 1.29 is 14.4 Å². The molecule has 1 atom stereocenters. The number of hydrogen-bond donors (Lipinski definition) is 0. The third-order valence-electron chi connectivity index (χ3n) is 5.97. The van der Waals surface area contributed by atoms with Crippen molar-refractivity contribution in [2.75, 3.05) is 42.6 Å². The van der Waals surface area contributed by atoms with E-state index in [0.29, 0.717) is 13.2 Å². The van der Waals surface area contributed by atoms with E-state index < -0.39 is 10.5 Å². The molecule has 1 aromatic heterocycles. The molecule has 0 N–H and O–H groups in total. The van der Waals surface area contributed by atoms with E-state index in [1.54, 1.807) is 4.57 Å². The second kappa shape index (κ2) is 8.47. The van der Waals surface area contributed by atoms with Crippen molar-refractivity contribution in [3.8, 4) is 11.8 Å². The second-order valence-electron chi connectivity index (χ2n) is 8.55. The van der Waals surface area contributed by atoms with Crippen LogP contribution < -0.4 is 19.3 Å². The van der Waals surface area contributed by atoms with Crippen LogP contribution >= 0.6 is 11.6 Å². The number of benzene rings is 2. The maximum atomic E-state index is 10.9. The van der Waals surface area contributed by atoms with E-state index in [1.165, 1.54) is 11.9 Å². The van der Waals surface area contributed by atoms with Gasteiger partial charge in [0.25, 0.3) is 0 Å². The molecule has 0 amide bonds. The van der Waals surface area contributed by atoms with Gasteiger partial charge in [0.2, 0.25) is 0 Å². The van der Waals surface area contributed by atoms with Gasteiger partial charge in [-0.15, -0.1) is 0 Å². The molecule has 33 heavy (non-hydrogen) atoms. The Morgan fingerprint density at radius 2 is 1.64 bits per heavy atom. The van der Waals surface area contributed by atoms with Gasteiger partial charge < -0.3 is 29.4 Å². The molecule has 5 rings (SSSR count). The first kappa shape index (κ1) is 21.4. The molecule has 0 radical (unpaired) electrons. The van der Waals surface area contributed by atoms with Crippen molar-refractivity contribution in [2.45, 2.75) is 19.1 Å². The number of anilines is 2. The Balaban J connectivity index is 1.13. The van der Waals surface area contributed by atoms with Gasteiger partial charge in [-0.25, -0.2) is 0 Å². The lowest BCUT2D eigenvalue weighted by molar-refractivity contribution is -0.389. The summed E-state index contributed by atoms with van der Waals surface area (Å²) in [4.78, 5) is 19.0. The molecule has 2 aromatic carbocycles. The van der Waals surface area contributed by atoms with Crippen molar-refractivity contribution in [1.29, 1.82) is 0 Å². The molecule has 1 fully saturated rings. The van der Waals surface area contributed by atoms with E-state index in [-0.39, 0.29) is 11.8 Å². The Kier molecular flexibility index (Phi) is 5.49. The maximum absolute atomic E-state index is 10.9. The van der Waals surface area contributed by atoms with Crippen LogP contribution in [0.15, 0.2) is 54.7 Å². The highest BCUT2D eigenvalue weighted by molar-refractivity contribution is 6.30. The molecule has 3 aromatic rings. The summed E-state index contributed by atoms with van der Waals surface area (Å²) in [5.74, 6) is 0.538. The van der Waals surface area contributed by atoms with Crippen LogP contribution in [0.1, 0.15) is 6.92 Å². The first-order valence-corrected chi connectivity index (χ1v) is 11.2. The van der Waals surface area contributed by atoms with Crippen LogP contribution in [-0.2, 0) is 6.54 Å². The molecule has 0 saturated carbocycles. The molecule has 0 aliphatic carbocycles. The number of aromatic nitrogens is 2. The van der Waals surface area contributed by atoms with E-state index >= 15 is 0 Å². The number of halogens is 1. The number of ether oxygens (including phenoxy) is 2. The molecule has 172 valence electrons. The largest absolute Gasteiger partial charge is 0.489 e. The highest BCUT2D eigenvalue weighted by Crippen LogP contribution is 2.32. The lowest BCUT2D eigenvalue weighted by Gasteiger charge is -2.37. The quantitative estimate of drug-likeness (QED) is 0.398. The van der Waals surface area contributed by atoms with E-state index in [1.807, 2.05) is 31.2 Å². The average Bonchev–Trinajstić information content (AvgIpc) is 3.34. The second-order valence-corrected chi connectivity index (χ2v) is 8.99. The van der Waals surface area contributed by atoms with E-state index in [4.69, 9.17) is 21.1 Å². The van der Waals surface area contributed by atoms with E-state index in [0.717, 1.165) is 42.6 Å². The van der Waals surface area contributed by atoms with Gasteiger partial charge in [-0.3, -0.25) is 4.57 Å². The van der Waals surface area contributed by atoms with Gasteiger partial charge in [-0.1, -0.05) is 11.6 Å². The van der Waals surface area contributed by atoms with Gasteiger partial charge in [0.15, 0.2) is 5.60 Å². The Morgan fingerprint density at radius 1 is 1.06 bits per heavy atom. The molecular weight excluding hydrogens is 446 g/mol. The van der Waals surface area contributed by atoms with Gasteiger partial charge >= 0.3 is 11.8 Å². The van der Waals surface area contributed by atoms with E-state index in [9.17, 15) is 10.1 Å². The molecule has 9 nitrogen and oxygen atoms in total. The molecule has 1 saturated heterocycles. The number of rotatable bonds is 6. The smallest absolute Gasteiger partial charge is 0.415 e. The monoisotopic (exact) mass is 469 g/mol. The Morgan fingerprint density at radius 3 is 2.18 bits per heavy atom. The van der Waals surface area contributed by atoms with Crippen LogP contribution in [0.4, 0.5) is 17.2 Å². The van der Waals surface area contributed by atoms with Gasteiger partial charge in [0.05, 0.1) is 6.54 Å². The lowest BCUT2D eigenvalue weighted by Crippen LogP contribution is -2.46. The summed E-state index contributed by atoms with van der Waals surface area (Å²) >= 11 is 6.00. The van der Waals surface area contributed by atoms with Crippen molar-refractivity contribution in [2.24, 2.45) is 0 Å². The molecule has 3 heterocycles. The van der Waals surface area contributed by atoms with Crippen LogP contribution in [0.3, 0.4) is 0 Å². The van der Waals surface area contributed by atoms with Crippen LogP contribution in [0, 0.1) is 10.1 Å². The highest BCUT2D eigenvalue weighted by Gasteiger charge is 2.41. The highest BCUT2D eigenvalue weighted by atomic mass is 35.5. The lowest BCUT2D eigenvalue weighted by atomic mass is 10.1. The first-order chi connectivity index (χ1) is 15.9. The number of imidazole rings is 1. The number of piperazine rings is 1. The minimum absolute atomic E-state index is 0.211. The van der Waals surface area contributed by atoms with Crippen molar-refractivity contribution in [3.63, 3.8) is 0 Å². The number of nitro groups is 1. The zero-order valence-electron chi connectivity index (χ0n) is 18.2. The zero-order chi connectivity index (χ0) is 23.0. The Bertz CT molecular complexity index is 1120. The summed E-state index contributed by atoms with van der Waals surface area (Å²) < 4.78 is 13.4. The number of fused-ring (bicyclic) bond motifs is 1.